The zero-order chi connectivity index (χ0) is 11.4. The number of aryl methyl sites for hydroxylation is 1. The van der Waals surface area contributed by atoms with Crippen LogP contribution < -0.4 is 5.63 Å². The van der Waals surface area contributed by atoms with Gasteiger partial charge in [-0.2, -0.15) is 0 Å². The van der Waals surface area contributed by atoms with Crippen molar-refractivity contribution in [3.8, 4) is 5.75 Å². The molecule has 0 radical (unpaired) electrons. The summed E-state index contributed by atoms with van der Waals surface area (Å²) in [4.78, 5) is 11.1. The van der Waals surface area contributed by atoms with Crippen LogP contribution >= 0.6 is 0 Å². The van der Waals surface area contributed by atoms with E-state index in [2.05, 4.69) is 0 Å². The van der Waals surface area contributed by atoms with Gasteiger partial charge in [0.25, 0.3) is 0 Å². The van der Waals surface area contributed by atoms with Gasteiger partial charge in [-0.3, -0.25) is 0 Å². The zero-order valence-corrected chi connectivity index (χ0v) is 9.07. The van der Waals surface area contributed by atoms with Crippen molar-refractivity contribution in [2.45, 2.75) is 20.8 Å². The minimum atomic E-state index is -0.363. The third-order valence-corrected chi connectivity index (χ3v) is 1.89. The van der Waals surface area contributed by atoms with Gasteiger partial charge in [0.2, 0.25) is 0 Å². The molecule has 0 aliphatic carbocycles. The van der Waals surface area contributed by atoms with Crippen LogP contribution in [0.5, 0.6) is 5.75 Å². The lowest BCUT2D eigenvalue weighted by Gasteiger charge is -1.97. The second-order valence-corrected chi connectivity index (χ2v) is 2.94. The number of phenols is 1. The largest absolute Gasteiger partial charge is 0.508 e. The Hall–Kier alpha value is -1.77. The molecule has 1 N–H and O–H groups in total. The van der Waals surface area contributed by atoms with Crippen molar-refractivity contribution in [1.29, 1.82) is 0 Å². The van der Waals surface area contributed by atoms with Crippen molar-refractivity contribution in [1.82, 2.24) is 0 Å². The summed E-state index contributed by atoms with van der Waals surface area (Å²) in [6.45, 7) is 5.69. The van der Waals surface area contributed by atoms with E-state index in [4.69, 9.17) is 9.52 Å². The van der Waals surface area contributed by atoms with Crippen LogP contribution in [0.15, 0.2) is 33.5 Å². The summed E-state index contributed by atoms with van der Waals surface area (Å²) in [5.74, 6) is 0.0968. The van der Waals surface area contributed by atoms with Crippen molar-refractivity contribution < 1.29 is 9.52 Å². The van der Waals surface area contributed by atoms with Gasteiger partial charge < -0.3 is 9.52 Å². The van der Waals surface area contributed by atoms with Gasteiger partial charge in [0.15, 0.2) is 0 Å². The summed E-state index contributed by atoms with van der Waals surface area (Å²) in [5.41, 5.74) is 0.617. The summed E-state index contributed by atoms with van der Waals surface area (Å²) in [7, 11) is 0. The normalized spacial score (nSPS) is 9.53. The Labute approximate surface area is 88.0 Å². The molecule has 1 aromatic heterocycles. The molecular formula is C12H14O3. The Bertz CT molecular complexity index is 512. The fourth-order valence-corrected chi connectivity index (χ4v) is 1.20. The van der Waals surface area contributed by atoms with Crippen LogP contribution in [0.4, 0.5) is 0 Å². The van der Waals surface area contributed by atoms with Gasteiger partial charge in [-0.05, 0) is 25.1 Å². The molecule has 1 aromatic carbocycles. The first-order chi connectivity index (χ1) is 7.16. The minimum Gasteiger partial charge on any atom is -0.508 e. The molecule has 3 nitrogen and oxygen atoms in total. The average molecular weight is 206 g/mol. The topological polar surface area (TPSA) is 50.4 Å². The van der Waals surface area contributed by atoms with Gasteiger partial charge in [-0.1, -0.05) is 13.8 Å². The molecule has 2 rings (SSSR count). The maximum atomic E-state index is 11.1. The molecule has 0 spiro atoms. The predicted molar refractivity (Wildman–Crippen MR) is 60.2 cm³/mol. The van der Waals surface area contributed by atoms with Crippen LogP contribution in [0.1, 0.15) is 19.4 Å². The van der Waals surface area contributed by atoms with E-state index in [1.807, 2.05) is 13.8 Å². The van der Waals surface area contributed by atoms with Crippen LogP contribution in [-0.2, 0) is 0 Å². The quantitative estimate of drug-likeness (QED) is 0.674. The van der Waals surface area contributed by atoms with Crippen LogP contribution in [0.25, 0.3) is 11.0 Å². The smallest absolute Gasteiger partial charge is 0.339 e. The molecule has 0 aliphatic rings. The maximum absolute atomic E-state index is 11.1. The SMILES string of the molecule is CC.Cc1cc2ccc(O)cc2oc1=O. The van der Waals surface area contributed by atoms with Gasteiger partial charge in [0.1, 0.15) is 11.3 Å². The molecule has 0 bridgehead atoms. The molecule has 0 unspecified atom stereocenters. The highest BCUT2D eigenvalue weighted by Gasteiger charge is 2.01. The Balaban J connectivity index is 0.000000531. The predicted octanol–water partition coefficient (Wildman–Crippen LogP) is 2.83. The van der Waals surface area contributed by atoms with E-state index in [-0.39, 0.29) is 11.4 Å². The first-order valence-corrected chi connectivity index (χ1v) is 4.90. The Kier molecular flexibility index (Phi) is 3.50. The van der Waals surface area contributed by atoms with E-state index >= 15 is 0 Å². The highest BCUT2D eigenvalue weighted by Crippen LogP contribution is 2.18. The summed E-state index contributed by atoms with van der Waals surface area (Å²) in [6.07, 6.45) is 0. The Morgan fingerprint density at radius 1 is 1.20 bits per heavy atom. The molecule has 15 heavy (non-hydrogen) atoms. The molecule has 2 aromatic rings. The number of hydrogen-bond donors (Lipinski definition) is 1. The molecule has 1 heterocycles. The third-order valence-electron chi connectivity index (χ3n) is 1.89. The molecule has 0 fully saturated rings. The molecule has 0 amide bonds. The second kappa shape index (κ2) is 4.64. The number of hydrogen-bond acceptors (Lipinski definition) is 3. The number of rotatable bonds is 0. The van der Waals surface area contributed by atoms with Crippen LogP contribution in [-0.4, -0.2) is 5.11 Å². The van der Waals surface area contributed by atoms with Gasteiger partial charge in [0, 0.05) is 17.0 Å². The lowest BCUT2D eigenvalue weighted by atomic mass is 10.2. The van der Waals surface area contributed by atoms with Gasteiger partial charge >= 0.3 is 5.63 Å². The first kappa shape index (κ1) is 11.3. The van der Waals surface area contributed by atoms with E-state index in [9.17, 15) is 4.79 Å². The average Bonchev–Trinajstić information content (AvgIpc) is 2.23. The lowest BCUT2D eigenvalue weighted by Crippen LogP contribution is -2.01. The Morgan fingerprint density at radius 2 is 1.87 bits per heavy atom. The minimum absolute atomic E-state index is 0.0968. The summed E-state index contributed by atoms with van der Waals surface area (Å²) in [6, 6.07) is 6.43. The summed E-state index contributed by atoms with van der Waals surface area (Å²) < 4.78 is 4.96. The molecule has 3 heteroatoms. The van der Waals surface area contributed by atoms with Crippen molar-refractivity contribution in [3.05, 3.63) is 40.2 Å². The molecule has 0 saturated heterocycles. The van der Waals surface area contributed by atoms with Crippen molar-refractivity contribution in [3.63, 3.8) is 0 Å². The first-order valence-electron chi connectivity index (χ1n) is 4.90. The molecular weight excluding hydrogens is 192 g/mol. The van der Waals surface area contributed by atoms with Crippen molar-refractivity contribution >= 4 is 11.0 Å². The van der Waals surface area contributed by atoms with E-state index in [1.165, 1.54) is 6.07 Å². The van der Waals surface area contributed by atoms with E-state index < -0.39 is 0 Å². The number of benzene rings is 1. The molecule has 0 saturated carbocycles. The second-order valence-electron chi connectivity index (χ2n) is 2.94. The third kappa shape index (κ3) is 2.37. The van der Waals surface area contributed by atoms with Crippen molar-refractivity contribution in [2.24, 2.45) is 0 Å². The maximum Gasteiger partial charge on any atom is 0.339 e. The molecule has 80 valence electrons. The van der Waals surface area contributed by atoms with Crippen LogP contribution in [0, 0.1) is 6.92 Å². The van der Waals surface area contributed by atoms with E-state index in [0.29, 0.717) is 11.1 Å². The summed E-state index contributed by atoms with van der Waals surface area (Å²) >= 11 is 0. The fraction of sp³-hybridized carbons (Fsp3) is 0.250. The van der Waals surface area contributed by atoms with Crippen LogP contribution in [0.2, 0.25) is 0 Å². The van der Waals surface area contributed by atoms with Gasteiger partial charge in [-0.15, -0.1) is 0 Å². The van der Waals surface area contributed by atoms with Crippen LogP contribution in [0.3, 0.4) is 0 Å². The molecule has 0 atom stereocenters. The lowest BCUT2D eigenvalue weighted by molar-refractivity contribution is 0.473. The number of fused-ring (bicyclic) bond motifs is 1. The number of phenolic OH excluding ortho intramolecular Hbond substituents is 1. The Morgan fingerprint density at radius 3 is 2.53 bits per heavy atom. The van der Waals surface area contributed by atoms with Crippen molar-refractivity contribution in [2.75, 3.05) is 0 Å². The fourth-order valence-electron chi connectivity index (χ4n) is 1.20. The van der Waals surface area contributed by atoms with E-state index in [1.54, 1.807) is 25.1 Å². The highest BCUT2D eigenvalue weighted by atomic mass is 16.4. The zero-order valence-electron chi connectivity index (χ0n) is 9.07. The van der Waals surface area contributed by atoms with Gasteiger partial charge in [-0.25, -0.2) is 4.79 Å². The molecule has 0 aliphatic heterocycles. The van der Waals surface area contributed by atoms with Gasteiger partial charge in [0.05, 0.1) is 0 Å². The van der Waals surface area contributed by atoms with E-state index in [0.717, 1.165) is 5.39 Å². The monoisotopic (exact) mass is 206 g/mol. The number of aromatic hydroxyl groups is 1. The summed E-state index contributed by atoms with van der Waals surface area (Å²) in [5, 5.41) is 9.94. The highest BCUT2D eigenvalue weighted by molar-refractivity contribution is 5.78. The standard InChI is InChI=1S/C10H8O3.C2H6/c1-6-4-7-2-3-8(11)5-9(7)13-10(6)12;1-2/h2-5,11H,1H3;1-2H3.